The van der Waals surface area contributed by atoms with Crippen molar-refractivity contribution in [3.05, 3.63) is 35.6 Å². The van der Waals surface area contributed by atoms with Crippen LogP contribution < -0.4 is 10.6 Å². The maximum absolute atomic E-state index is 13.5. The quantitative estimate of drug-likeness (QED) is 0.615. The zero-order valence-electron chi connectivity index (χ0n) is 15.5. The summed E-state index contributed by atoms with van der Waals surface area (Å²) in [6.45, 7) is 7.01. The highest BCUT2D eigenvalue weighted by Gasteiger charge is 2.44. The van der Waals surface area contributed by atoms with Crippen LogP contribution in [0.3, 0.4) is 0 Å². The van der Waals surface area contributed by atoms with Crippen molar-refractivity contribution in [2.24, 2.45) is 10.9 Å². The molecule has 0 atom stereocenters. The van der Waals surface area contributed by atoms with E-state index >= 15 is 0 Å². The number of likely N-dealkylation sites (tertiary alicyclic amines) is 1. The van der Waals surface area contributed by atoms with Gasteiger partial charge in [0.05, 0.1) is 6.54 Å². The Labute approximate surface area is 150 Å². The van der Waals surface area contributed by atoms with E-state index in [2.05, 4.69) is 29.5 Å². The molecule has 5 heteroatoms. The lowest BCUT2D eigenvalue weighted by molar-refractivity contribution is 0.220. The topological polar surface area (TPSA) is 39.7 Å². The van der Waals surface area contributed by atoms with Gasteiger partial charge in [-0.05, 0) is 76.4 Å². The van der Waals surface area contributed by atoms with Crippen molar-refractivity contribution in [1.82, 2.24) is 15.5 Å². The van der Waals surface area contributed by atoms with Crippen molar-refractivity contribution in [2.75, 3.05) is 39.8 Å². The molecule has 0 aromatic heterocycles. The van der Waals surface area contributed by atoms with Crippen molar-refractivity contribution >= 4 is 5.96 Å². The van der Waals surface area contributed by atoms with Crippen LogP contribution in [0.15, 0.2) is 29.3 Å². The smallest absolute Gasteiger partial charge is 0.191 e. The molecule has 1 saturated heterocycles. The van der Waals surface area contributed by atoms with Gasteiger partial charge in [0, 0.05) is 18.5 Å². The Morgan fingerprint density at radius 3 is 2.68 bits per heavy atom. The lowest BCUT2D eigenvalue weighted by Gasteiger charge is -2.29. The summed E-state index contributed by atoms with van der Waals surface area (Å²) in [5.74, 6) is 1.46. The highest BCUT2D eigenvalue weighted by Crippen LogP contribution is 2.48. The van der Waals surface area contributed by atoms with Crippen LogP contribution in [0, 0.1) is 11.7 Å². The van der Waals surface area contributed by atoms with Crippen LogP contribution in [0.4, 0.5) is 4.39 Å². The first-order chi connectivity index (χ1) is 12.1. The Balaban J connectivity index is 1.56. The molecule has 0 bridgehead atoms. The van der Waals surface area contributed by atoms with Crippen LogP contribution in [-0.4, -0.2) is 50.6 Å². The summed E-state index contributed by atoms with van der Waals surface area (Å²) in [7, 11) is 2.19. The first kappa shape index (κ1) is 18.2. The standard InChI is InChI=1S/C20H31FN4/c1-3-22-19(23-14-16-7-11-25(2)12-8-16)24-15-20(9-10-20)17-5-4-6-18(21)13-17/h4-6,13,16H,3,7-12,14-15H2,1-2H3,(H2,22,23,24). The number of piperidine rings is 1. The van der Waals surface area contributed by atoms with Gasteiger partial charge in [-0.1, -0.05) is 12.1 Å². The normalized spacial score (nSPS) is 21.2. The molecule has 2 N–H and O–H groups in total. The second kappa shape index (κ2) is 8.17. The molecule has 0 radical (unpaired) electrons. The highest BCUT2D eigenvalue weighted by molar-refractivity contribution is 5.79. The van der Waals surface area contributed by atoms with Gasteiger partial charge in [0.1, 0.15) is 5.82 Å². The summed E-state index contributed by atoms with van der Waals surface area (Å²) in [5.41, 5.74) is 1.13. The Morgan fingerprint density at radius 1 is 1.28 bits per heavy atom. The predicted octanol–water partition coefficient (Wildman–Crippen LogP) is 2.75. The maximum Gasteiger partial charge on any atom is 0.191 e. The van der Waals surface area contributed by atoms with Gasteiger partial charge in [-0.2, -0.15) is 0 Å². The molecule has 1 saturated carbocycles. The van der Waals surface area contributed by atoms with E-state index in [-0.39, 0.29) is 11.2 Å². The average Bonchev–Trinajstić information content (AvgIpc) is 3.40. The minimum Gasteiger partial charge on any atom is -0.357 e. The number of guanidine groups is 1. The minimum atomic E-state index is -0.153. The Bertz CT molecular complexity index is 589. The van der Waals surface area contributed by atoms with E-state index in [1.807, 2.05) is 6.07 Å². The molecule has 1 aliphatic heterocycles. The second-order valence-corrected chi connectivity index (χ2v) is 7.61. The van der Waals surface area contributed by atoms with E-state index in [4.69, 9.17) is 4.99 Å². The first-order valence-corrected chi connectivity index (χ1v) is 9.58. The van der Waals surface area contributed by atoms with Gasteiger partial charge in [-0.25, -0.2) is 4.39 Å². The molecular formula is C20H31FN4. The molecule has 3 rings (SSSR count). The fraction of sp³-hybridized carbons (Fsp3) is 0.650. The third-order valence-corrected chi connectivity index (χ3v) is 5.57. The van der Waals surface area contributed by atoms with Gasteiger partial charge in [-0.15, -0.1) is 0 Å². The van der Waals surface area contributed by atoms with E-state index in [0.29, 0.717) is 0 Å². The van der Waals surface area contributed by atoms with E-state index in [1.165, 1.54) is 32.0 Å². The number of halogens is 1. The molecular weight excluding hydrogens is 315 g/mol. The number of hydrogen-bond donors (Lipinski definition) is 2. The molecule has 4 nitrogen and oxygen atoms in total. The largest absolute Gasteiger partial charge is 0.357 e. The number of aliphatic imine (C=N–C) groups is 1. The summed E-state index contributed by atoms with van der Waals surface area (Å²) in [6, 6.07) is 7.01. The van der Waals surface area contributed by atoms with Crippen LogP contribution in [0.5, 0.6) is 0 Å². The van der Waals surface area contributed by atoms with E-state index in [1.54, 1.807) is 12.1 Å². The fourth-order valence-electron chi connectivity index (χ4n) is 3.59. The summed E-state index contributed by atoms with van der Waals surface area (Å²) in [6.07, 6.45) is 4.68. The van der Waals surface area contributed by atoms with Gasteiger partial charge in [0.2, 0.25) is 0 Å². The van der Waals surface area contributed by atoms with Crippen molar-refractivity contribution < 1.29 is 4.39 Å². The number of nitrogens with zero attached hydrogens (tertiary/aromatic N) is 2. The van der Waals surface area contributed by atoms with Crippen LogP contribution in [0.1, 0.15) is 38.2 Å². The molecule has 1 aliphatic carbocycles. The van der Waals surface area contributed by atoms with Crippen molar-refractivity contribution in [3.8, 4) is 0 Å². The average molecular weight is 346 g/mol. The number of nitrogens with one attached hydrogen (secondary N) is 2. The molecule has 0 spiro atoms. The third-order valence-electron chi connectivity index (χ3n) is 5.57. The van der Waals surface area contributed by atoms with Crippen LogP contribution in [0.25, 0.3) is 0 Å². The van der Waals surface area contributed by atoms with E-state index in [0.717, 1.165) is 49.9 Å². The van der Waals surface area contributed by atoms with Crippen LogP contribution >= 0.6 is 0 Å². The third kappa shape index (κ3) is 4.94. The molecule has 1 aromatic rings. The predicted molar refractivity (Wildman–Crippen MR) is 102 cm³/mol. The zero-order chi connectivity index (χ0) is 17.7. The Hall–Kier alpha value is -1.62. The van der Waals surface area contributed by atoms with Crippen molar-refractivity contribution in [1.29, 1.82) is 0 Å². The van der Waals surface area contributed by atoms with Crippen LogP contribution in [0.2, 0.25) is 0 Å². The number of hydrogen-bond acceptors (Lipinski definition) is 2. The molecule has 1 aromatic carbocycles. The minimum absolute atomic E-state index is 0.0397. The number of rotatable bonds is 6. The molecule has 2 fully saturated rings. The Kier molecular flexibility index (Phi) is 5.94. The van der Waals surface area contributed by atoms with Crippen molar-refractivity contribution in [3.63, 3.8) is 0 Å². The van der Waals surface area contributed by atoms with E-state index < -0.39 is 0 Å². The molecule has 2 aliphatic rings. The lowest BCUT2D eigenvalue weighted by atomic mass is 9.96. The van der Waals surface area contributed by atoms with Gasteiger partial charge < -0.3 is 15.5 Å². The monoisotopic (exact) mass is 346 g/mol. The van der Waals surface area contributed by atoms with E-state index in [9.17, 15) is 4.39 Å². The van der Waals surface area contributed by atoms with Gasteiger partial charge in [0.15, 0.2) is 5.96 Å². The zero-order valence-corrected chi connectivity index (χ0v) is 15.5. The lowest BCUT2D eigenvalue weighted by Crippen LogP contribution is -2.42. The number of benzene rings is 1. The SMILES string of the molecule is CCNC(=NCC1(c2cccc(F)c2)CC1)NCC1CCN(C)CC1. The van der Waals surface area contributed by atoms with Gasteiger partial charge in [-0.3, -0.25) is 4.99 Å². The van der Waals surface area contributed by atoms with Crippen molar-refractivity contribution in [2.45, 2.75) is 38.0 Å². The summed E-state index contributed by atoms with van der Waals surface area (Å²) in [5, 5.41) is 6.86. The molecule has 25 heavy (non-hydrogen) atoms. The fourth-order valence-corrected chi connectivity index (χ4v) is 3.59. The van der Waals surface area contributed by atoms with Gasteiger partial charge >= 0.3 is 0 Å². The second-order valence-electron chi connectivity index (χ2n) is 7.61. The molecule has 0 unspecified atom stereocenters. The Morgan fingerprint density at radius 2 is 2.04 bits per heavy atom. The summed E-state index contributed by atoms with van der Waals surface area (Å²) < 4.78 is 13.5. The molecule has 1 heterocycles. The highest BCUT2D eigenvalue weighted by atomic mass is 19.1. The summed E-state index contributed by atoms with van der Waals surface area (Å²) >= 11 is 0. The summed E-state index contributed by atoms with van der Waals surface area (Å²) in [4.78, 5) is 7.21. The molecule has 0 amide bonds. The van der Waals surface area contributed by atoms with Crippen LogP contribution in [-0.2, 0) is 5.41 Å². The van der Waals surface area contributed by atoms with Gasteiger partial charge in [0.25, 0.3) is 0 Å². The maximum atomic E-state index is 13.5. The molecule has 138 valence electrons. The first-order valence-electron chi connectivity index (χ1n) is 9.58.